The number of nitrogens with zero attached hydrogens (tertiary/aromatic N) is 1. The molecule has 0 radical (unpaired) electrons. The molecule has 1 unspecified atom stereocenters. The highest BCUT2D eigenvalue weighted by Crippen LogP contribution is 2.19. The standard InChI is InChI=1S/C13H14N2S/c1-16(14,13-10-6-3-7-11-13)15-12-8-4-2-5-9-12/h2-11,14H,1H3. The molecule has 0 aliphatic rings. The number of benzene rings is 2. The Bertz CT molecular complexity index is 567. The number of hydrogen-bond donors (Lipinski definition) is 1. The van der Waals surface area contributed by atoms with E-state index in [1.807, 2.05) is 66.9 Å². The van der Waals surface area contributed by atoms with E-state index in [2.05, 4.69) is 4.36 Å². The van der Waals surface area contributed by atoms with Gasteiger partial charge in [-0.2, -0.15) is 0 Å². The minimum atomic E-state index is -1.84. The van der Waals surface area contributed by atoms with Gasteiger partial charge in [0.1, 0.15) is 0 Å². The molecule has 0 spiro atoms. The highest BCUT2D eigenvalue weighted by atomic mass is 32.2. The van der Waals surface area contributed by atoms with Crippen LogP contribution in [0.3, 0.4) is 0 Å². The molecule has 1 atom stereocenters. The summed E-state index contributed by atoms with van der Waals surface area (Å²) in [5, 5.41) is 0. The molecule has 0 saturated heterocycles. The SMILES string of the molecule is CS(=N)(=Nc1ccccc1)c1ccccc1. The van der Waals surface area contributed by atoms with Gasteiger partial charge in [-0.25, -0.2) is 4.36 Å². The molecular weight excluding hydrogens is 216 g/mol. The lowest BCUT2D eigenvalue weighted by molar-refractivity contribution is 1.39. The molecule has 3 heteroatoms. The number of nitrogens with one attached hydrogen (secondary N) is 1. The highest BCUT2D eigenvalue weighted by molar-refractivity contribution is 7.94. The predicted octanol–water partition coefficient (Wildman–Crippen LogP) is 4.11. The molecule has 2 rings (SSSR count). The van der Waals surface area contributed by atoms with Crippen molar-refractivity contribution >= 4 is 15.3 Å². The Labute approximate surface area is 96.6 Å². The van der Waals surface area contributed by atoms with Crippen molar-refractivity contribution in [3.63, 3.8) is 0 Å². The van der Waals surface area contributed by atoms with E-state index in [0.29, 0.717) is 0 Å². The molecule has 2 aromatic carbocycles. The van der Waals surface area contributed by atoms with Crippen molar-refractivity contribution in [3.8, 4) is 0 Å². The van der Waals surface area contributed by atoms with Crippen LogP contribution >= 0.6 is 0 Å². The molecule has 0 saturated carbocycles. The molecular formula is C13H14N2S. The zero-order chi connectivity index (χ0) is 11.4. The molecule has 82 valence electrons. The van der Waals surface area contributed by atoms with Gasteiger partial charge in [0, 0.05) is 11.2 Å². The minimum absolute atomic E-state index is 0.874. The summed E-state index contributed by atoms with van der Waals surface area (Å²) in [7, 11) is -1.84. The molecule has 0 aliphatic carbocycles. The van der Waals surface area contributed by atoms with Crippen LogP contribution < -0.4 is 0 Å². The van der Waals surface area contributed by atoms with E-state index in [9.17, 15) is 0 Å². The average molecular weight is 230 g/mol. The fourth-order valence-electron chi connectivity index (χ4n) is 1.44. The first-order valence-electron chi connectivity index (χ1n) is 5.04. The van der Waals surface area contributed by atoms with Gasteiger partial charge in [-0.05, 0) is 33.9 Å². The van der Waals surface area contributed by atoms with E-state index in [0.717, 1.165) is 10.6 Å². The second kappa shape index (κ2) is 4.49. The van der Waals surface area contributed by atoms with Crippen molar-refractivity contribution < 1.29 is 0 Å². The van der Waals surface area contributed by atoms with Crippen LogP contribution in [0, 0.1) is 4.78 Å². The first-order valence-corrected chi connectivity index (χ1v) is 7.04. The summed E-state index contributed by atoms with van der Waals surface area (Å²) in [5.41, 5.74) is 0.874. The molecule has 0 aromatic heterocycles. The van der Waals surface area contributed by atoms with Crippen molar-refractivity contribution in [2.24, 2.45) is 4.36 Å². The zero-order valence-corrected chi connectivity index (χ0v) is 9.95. The van der Waals surface area contributed by atoms with E-state index < -0.39 is 9.62 Å². The summed E-state index contributed by atoms with van der Waals surface area (Å²) in [6.45, 7) is 0. The Morgan fingerprint density at radius 2 is 1.38 bits per heavy atom. The van der Waals surface area contributed by atoms with Gasteiger partial charge in [-0.15, -0.1) is 0 Å². The molecule has 0 amide bonds. The van der Waals surface area contributed by atoms with Crippen molar-refractivity contribution in [2.75, 3.05) is 6.26 Å². The fraction of sp³-hybridized carbons (Fsp3) is 0.0769. The van der Waals surface area contributed by atoms with Gasteiger partial charge >= 0.3 is 0 Å². The maximum atomic E-state index is 8.32. The molecule has 0 aliphatic heterocycles. The van der Waals surface area contributed by atoms with Crippen LogP contribution in [0.4, 0.5) is 5.69 Å². The minimum Gasteiger partial charge on any atom is -0.266 e. The van der Waals surface area contributed by atoms with Crippen LogP contribution in [0.15, 0.2) is 69.9 Å². The van der Waals surface area contributed by atoms with Gasteiger partial charge in [0.05, 0.1) is 5.69 Å². The van der Waals surface area contributed by atoms with Crippen LogP contribution in [-0.4, -0.2) is 6.26 Å². The van der Waals surface area contributed by atoms with E-state index in [1.54, 1.807) is 0 Å². The predicted molar refractivity (Wildman–Crippen MR) is 69.2 cm³/mol. The third kappa shape index (κ3) is 2.49. The van der Waals surface area contributed by atoms with Crippen molar-refractivity contribution in [3.05, 3.63) is 60.7 Å². The van der Waals surface area contributed by atoms with Crippen molar-refractivity contribution in [1.29, 1.82) is 4.78 Å². The van der Waals surface area contributed by atoms with Gasteiger partial charge in [0.15, 0.2) is 0 Å². The maximum absolute atomic E-state index is 8.32. The van der Waals surface area contributed by atoms with E-state index in [1.165, 1.54) is 0 Å². The van der Waals surface area contributed by atoms with Crippen LogP contribution in [-0.2, 0) is 9.62 Å². The third-order valence-electron chi connectivity index (χ3n) is 2.25. The molecule has 0 bridgehead atoms. The molecule has 16 heavy (non-hydrogen) atoms. The fourth-order valence-corrected chi connectivity index (χ4v) is 2.77. The number of hydrogen-bond acceptors (Lipinski definition) is 2. The quantitative estimate of drug-likeness (QED) is 0.806. The van der Waals surface area contributed by atoms with E-state index in [4.69, 9.17) is 4.78 Å². The summed E-state index contributed by atoms with van der Waals surface area (Å²) in [5.74, 6) is 0. The maximum Gasteiger partial charge on any atom is 0.0717 e. The summed E-state index contributed by atoms with van der Waals surface area (Å²) in [6.07, 6.45) is 1.88. The Hall–Kier alpha value is -1.61. The monoisotopic (exact) mass is 230 g/mol. The largest absolute Gasteiger partial charge is 0.266 e. The second-order valence-electron chi connectivity index (χ2n) is 3.62. The lowest BCUT2D eigenvalue weighted by Crippen LogP contribution is -1.93. The summed E-state index contributed by atoms with van der Waals surface area (Å²) in [4.78, 5) is 0.985. The Kier molecular flexibility index (Phi) is 3.06. The van der Waals surface area contributed by atoms with Crippen LogP contribution in [0.5, 0.6) is 0 Å². The molecule has 0 fully saturated rings. The highest BCUT2D eigenvalue weighted by Gasteiger charge is 2.00. The molecule has 1 N–H and O–H groups in total. The summed E-state index contributed by atoms with van der Waals surface area (Å²) < 4.78 is 12.8. The Morgan fingerprint density at radius 1 is 0.875 bits per heavy atom. The van der Waals surface area contributed by atoms with Gasteiger partial charge in [-0.1, -0.05) is 36.4 Å². The van der Waals surface area contributed by atoms with Gasteiger partial charge in [0.2, 0.25) is 0 Å². The van der Waals surface area contributed by atoms with Crippen LogP contribution in [0.1, 0.15) is 0 Å². The van der Waals surface area contributed by atoms with Crippen LogP contribution in [0.2, 0.25) is 0 Å². The lowest BCUT2D eigenvalue weighted by atomic mass is 10.3. The smallest absolute Gasteiger partial charge is 0.0717 e. The topological polar surface area (TPSA) is 36.2 Å². The van der Waals surface area contributed by atoms with Crippen molar-refractivity contribution in [2.45, 2.75) is 4.90 Å². The normalized spacial score (nSPS) is 14.1. The average Bonchev–Trinajstić information content (AvgIpc) is 2.31. The molecule has 2 nitrogen and oxygen atoms in total. The molecule has 0 heterocycles. The van der Waals surface area contributed by atoms with Gasteiger partial charge < -0.3 is 0 Å². The molecule has 2 aromatic rings. The third-order valence-corrected chi connectivity index (χ3v) is 4.01. The number of rotatable bonds is 2. The first-order chi connectivity index (χ1) is 7.68. The zero-order valence-electron chi connectivity index (χ0n) is 9.13. The summed E-state index contributed by atoms with van der Waals surface area (Å²) >= 11 is 0. The Balaban J connectivity index is 2.48. The summed E-state index contributed by atoms with van der Waals surface area (Å²) in [6, 6.07) is 19.5. The Morgan fingerprint density at radius 3 is 1.94 bits per heavy atom. The second-order valence-corrected chi connectivity index (χ2v) is 6.02. The van der Waals surface area contributed by atoms with E-state index >= 15 is 0 Å². The lowest BCUT2D eigenvalue weighted by Gasteiger charge is -2.07. The van der Waals surface area contributed by atoms with Gasteiger partial charge in [0.25, 0.3) is 0 Å². The first kappa shape index (κ1) is 10.9. The van der Waals surface area contributed by atoms with E-state index in [-0.39, 0.29) is 0 Å². The van der Waals surface area contributed by atoms with Crippen molar-refractivity contribution in [1.82, 2.24) is 0 Å². The van der Waals surface area contributed by atoms with Crippen LogP contribution in [0.25, 0.3) is 0 Å². The van der Waals surface area contributed by atoms with Gasteiger partial charge in [-0.3, -0.25) is 4.78 Å².